The summed E-state index contributed by atoms with van der Waals surface area (Å²) in [6.07, 6.45) is 0.163. The van der Waals surface area contributed by atoms with E-state index in [0.717, 1.165) is 19.7 Å². The summed E-state index contributed by atoms with van der Waals surface area (Å²) >= 11 is 0. The fourth-order valence-corrected chi connectivity index (χ4v) is 5.46. The highest BCUT2D eigenvalue weighted by molar-refractivity contribution is 7.90. The summed E-state index contributed by atoms with van der Waals surface area (Å²) in [5, 5.41) is 2.79. The van der Waals surface area contributed by atoms with Crippen LogP contribution < -0.4 is 9.62 Å². The van der Waals surface area contributed by atoms with Crippen molar-refractivity contribution in [3.8, 4) is 0 Å². The Hall–Kier alpha value is -3.76. The Morgan fingerprint density at radius 3 is 2.23 bits per heavy atom. The van der Waals surface area contributed by atoms with Gasteiger partial charge < -0.3 is 10.2 Å². The first kappa shape index (κ1) is 30.8. The Morgan fingerprint density at radius 2 is 1.60 bits per heavy atom. The number of hydrogen-bond donors (Lipinski definition) is 1. The number of benzene rings is 3. The molecule has 0 spiro atoms. The van der Waals surface area contributed by atoms with Crippen LogP contribution in [0.1, 0.15) is 29.2 Å². The highest BCUT2D eigenvalue weighted by Crippen LogP contribution is 2.26. The molecule has 2 amide bonds. The van der Waals surface area contributed by atoms with Gasteiger partial charge in [-0.15, -0.1) is 0 Å². The fraction of sp³-hybridized carbons (Fsp3) is 0.333. The topological polar surface area (TPSA) is 90.0 Å². The molecule has 0 fully saturated rings. The molecular formula is C30H37FN4O4S. The third-order valence-electron chi connectivity index (χ3n) is 6.57. The van der Waals surface area contributed by atoms with Gasteiger partial charge in [0.2, 0.25) is 11.8 Å². The van der Waals surface area contributed by atoms with Crippen molar-refractivity contribution in [1.82, 2.24) is 14.5 Å². The maximum absolute atomic E-state index is 14.8. The number of anilines is 1. The highest BCUT2D eigenvalue weighted by atomic mass is 32.2. The Kier molecular flexibility index (Phi) is 10.4. The normalized spacial score (nSPS) is 12.2. The molecule has 0 aliphatic carbocycles. The van der Waals surface area contributed by atoms with Crippen LogP contribution in [-0.4, -0.2) is 62.7 Å². The van der Waals surface area contributed by atoms with Gasteiger partial charge in [0.25, 0.3) is 0 Å². The summed E-state index contributed by atoms with van der Waals surface area (Å²) < 4.78 is 43.9. The lowest BCUT2D eigenvalue weighted by atomic mass is 10.0. The van der Waals surface area contributed by atoms with Gasteiger partial charge in [0.05, 0.1) is 5.69 Å². The number of nitrogens with zero attached hydrogens (tertiary/aromatic N) is 3. The second-order valence-electron chi connectivity index (χ2n) is 9.80. The third-order valence-corrected chi connectivity index (χ3v) is 8.38. The molecule has 0 saturated heterocycles. The Morgan fingerprint density at radius 1 is 0.950 bits per heavy atom. The van der Waals surface area contributed by atoms with Gasteiger partial charge in [-0.2, -0.15) is 12.7 Å². The van der Waals surface area contributed by atoms with E-state index in [-0.39, 0.29) is 18.5 Å². The molecule has 0 heterocycles. The molecule has 0 saturated carbocycles. The van der Waals surface area contributed by atoms with E-state index in [1.807, 2.05) is 43.3 Å². The molecule has 0 aliphatic heterocycles. The van der Waals surface area contributed by atoms with Gasteiger partial charge in [0.15, 0.2) is 0 Å². The first-order valence-corrected chi connectivity index (χ1v) is 14.5. The van der Waals surface area contributed by atoms with E-state index >= 15 is 0 Å². The number of rotatable bonds is 12. The van der Waals surface area contributed by atoms with Crippen LogP contribution in [0.3, 0.4) is 0 Å². The average Bonchev–Trinajstić information content (AvgIpc) is 2.92. The lowest BCUT2D eigenvalue weighted by Gasteiger charge is -2.34. The van der Waals surface area contributed by atoms with Crippen LogP contribution in [0.5, 0.6) is 0 Å². The lowest BCUT2D eigenvalue weighted by molar-refractivity contribution is -0.140. The molecule has 214 valence electrons. The van der Waals surface area contributed by atoms with Crippen LogP contribution in [-0.2, 0) is 32.8 Å². The standard InChI is InChI=1S/C30H37FN4O4S/c1-6-32-30(37)28(19-24-12-8-7-9-13-24)34(20-25-14-10-11-15-26(25)31)29(36)21-35(40(38,39)33(4)5)27-18-22(2)16-17-23(27)3/h7-18,28H,6,19-21H2,1-5H3,(H,32,37)/t28-/m1/s1. The smallest absolute Gasteiger partial charge is 0.304 e. The van der Waals surface area contributed by atoms with Crippen LogP contribution >= 0.6 is 0 Å². The van der Waals surface area contributed by atoms with Crippen molar-refractivity contribution in [2.45, 2.75) is 39.8 Å². The van der Waals surface area contributed by atoms with E-state index in [0.29, 0.717) is 17.8 Å². The first-order valence-electron chi connectivity index (χ1n) is 13.1. The SMILES string of the molecule is CCNC(=O)[C@@H](Cc1ccccc1)N(Cc1ccccc1F)C(=O)CN(c1cc(C)ccc1C)S(=O)(=O)N(C)C. The predicted molar refractivity (Wildman–Crippen MR) is 155 cm³/mol. The second kappa shape index (κ2) is 13.5. The molecule has 0 radical (unpaired) electrons. The van der Waals surface area contributed by atoms with Crippen molar-refractivity contribution in [2.75, 3.05) is 31.5 Å². The molecule has 1 atom stereocenters. The summed E-state index contributed by atoms with van der Waals surface area (Å²) in [7, 11) is -1.33. The number of amides is 2. The average molecular weight is 569 g/mol. The highest BCUT2D eigenvalue weighted by Gasteiger charge is 2.35. The molecule has 1 N–H and O–H groups in total. The quantitative estimate of drug-likeness (QED) is 0.360. The number of carbonyl (C=O) groups excluding carboxylic acids is 2. The number of nitrogens with one attached hydrogen (secondary N) is 1. The zero-order valence-electron chi connectivity index (χ0n) is 23.6. The molecule has 0 bridgehead atoms. The summed E-state index contributed by atoms with van der Waals surface area (Å²) in [4.78, 5) is 28.8. The molecule has 0 aliphatic rings. The first-order chi connectivity index (χ1) is 18.9. The van der Waals surface area contributed by atoms with E-state index in [9.17, 15) is 22.4 Å². The maximum Gasteiger partial charge on any atom is 0.304 e. The molecule has 8 nitrogen and oxygen atoms in total. The molecule has 3 aromatic rings. The Balaban J connectivity index is 2.12. The van der Waals surface area contributed by atoms with Crippen molar-refractivity contribution >= 4 is 27.7 Å². The van der Waals surface area contributed by atoms with Gasteiger partial charge in [0.1, 0.15) is 18.4 Å². The molecule has 3 rings (SSSR count). The van der Waals surface area contributed by atoms with E-state index < -0.39 is 40.4 Å². The summed E-state index contributed by atoms with van der Waals surface area (Å²) in [5.41, 5.74) is 2.85. The fourth-order valence-electron chi connectivity index (χ4n) is 4.35. The van der Waals surface area contributed by atoms with Gasteiger partial charge in [-0.25, -0.2) is 8.70 Å². The van der Waals surface area contributed by atoms with Crippen LogP contribution in [0.4, 0.5) is 10.1 Å². The molecule has 0 unspecified atom stereocenters. The summed E-state index contributed by atoms with van der Waals surface area (Å²) in [6.45, 7) is 4.90. The minimum atomic E-state index is -4.11. The van der Waals surface area contributed by atoms with Gasteiger partial charge >= 0.3 is 10.2 Å². The summed E-state index contributed by atoms with van der Waals surface area (Å²) in [5.74, 6) is -1.58. The summed E-state index contributed by atoms with van der Waals surface area (Å²) in [6, 6.07) is 19.6. The van der Waals surface area contributed by atoms with E-state index in [4.69, 9.17) is 0 Å². The maximum atomic E-state index is 14.8. The van der Waals surface area contributed by atoms with Crippen LogP contribution in [0, 0.1) is 19.7 Å². The zero-order chi connectivity index (χ0) is 29.4. The Bertz CT molecular complexity index is 1430. The lowest BCUT2D eigenvalue weighted by Crippen LogP contribution is -2.54. The van der Waals surface area contributed by atoms with Gasteiger partial charge in [-0.1, -0.05) is 60.7 Å². The number of likely N-dealkylation sites (N-methyl/N-ethyl adjacent to an activating group) is 1. The number of carbonyl (C=O) groups is 2. The molecular weight excluding hydrogens is 531 g/mol. The molecule has 40 heavy (non-hydrogen) atoms. The van der Waals surface area contributed by atoms with Crippen molar-refractivity contribution < 1.29 is 22.4 Å². The van der Waals surface area contributed by atoms with Gasteiger partial charge in [-0.05, 0) is 49.6 Å². The zero-order valence-corrected chi connectivity index (χ0v) is 24.4. The second-order valence-corrected chi connectivity index (χ2v) is 11.9. The van der Waals surface area contributed by atoms with E-state index in [1.165, 1.54) is 25.1 Å². The number of aryl methyl sites for hydroxylation is 2. The van der Waals surface area contributed by atoms with Crippen LogP contribution in [0.2, 0.25) is 0 Å². The van der Waals surface area contributed by atoms with Gasteiger partial charge in [-0.3, -0.25) is 9.59 Å². The van der Waals surface area contributed by atoms with Crippen molar-refractivity contribution in [1.29, 1.82) is 0 Å². The van der Waals surface area contributed by atoms with Crippen molar-refractivity contribution in [3.63, 3.8) is 0 Å². The number of halogens is 1. The monoisotopic (exact) mass is 568 g/mol. The van der Waals surface area contributed by atoms with Crippen LogP contribution in [0.25, 0.3) is 0 Å². The number of hydrogen-bond acceptors (Lipinski definition) is 4. The molecule has 3 aromatic carbocycles. The van der Waals surface area contributed by atoms with Crippen molar-refractivity contribution in [2.24, 2.45) is 0 Å². The minimum Gasteiger partial charge on any atom is -0.355 e. The van der Waals surface area contributed by atoms with Gasteiger partial charge in [0, 0.05) is 39.2 Å². The van der Waals surface area contributed by atoms with Crippen molar-refractivity contribution in [3.05, 3.63) is 101 Å². The van der Waals surface area contributed by atoms with E-state index in [2.05, 4.69) is 5.32 Å². The molecule has 10 heteroatoms. The Labute approximate surface area is 236 Å². The predicted octanol–water partition coefficient (Wildman–Crippen LogP) is 3.83. The third kappa shape index (κ3) is 7.45. The van der Waals surface area contributed by atoms with Crippen LogP contribution in [0.15, 0.2) is 72.8 Å². The largest absolute Gasteiger partial charge is 0.355 e. The minimum absolute atomic E-state index is 0.163. The van der Waals surface area contributed by atoms with E-state index in [1.54, 1.807) is 44.2 Å². The molecule has 0 aromatic heterocycles.